The van der Waals surface area contributed by atoms with Crippen molar-refractivity contribution < 1.29 is 13.6 Å². The summed E-state index contributed by atoms with van der Waals surface area (Å²) in [6.07, 6.45) is 7.35. The van der Waals surface area contributed by atoms with Crippen LogP contribution in [0, 0.1) is 0 Å². The molecule has 0 saturated carbocycles. The maximum Gasteiger partial charge on any atom is 0.254 e. The van der Waals surface area contributed by atoms with Crippen molar-refractivity contribution in [2.24, 2.45) is 5.73 Å². The fraction of sp³-hybridized carbons (Fsp3) is 0.273. The smallest absolute Gasteiger partial charge is 0.254 e. The van der Waals surface area contributed by atoms with Crippen molar-refractivity contribution >= 4 is 47.0 Å². The first-order valence-electron chi connectivity index (χ1n) is 10.2. The topological polar surface area (TPSA) is 116 Å². The van der Waals surface area contributed by atoms with Gasteiger partial charge in [0.1, 0.15) is 5.65 Å². The lowest BCUT2D eigenvalue weighted by Gasteiger charge is -2.32. The van der Waals surface area contributed by atoms with Gasteiger partial charge in [0, 0.05) is 42.5 Å². The molecule has 1 unspecified atom stereocenters. The molecule has 1 fully saturated rings. The largest absolute Gasteiger partial charge is 0.768 e. The second-order valence-electron chi connectivity index (χ2n) is 7.79. The molecule has 3 heterocycles. The first-order chi connectivity index (χ1) is 15.4. The van der Waals surface area contributed by atoms with E-state index in [0.29, 0.717) is 6.04 Å². The maximum atomic E-state index is 11.3. The molecular formula is C22H24N5O3S2-. The minimum atomic E-state index is -2.23. The number of amides is 1. The van der Waals surface area contributed by atoms with E-state index >= 15 is 0 Å². The number of likely N-dealkylation sites (tertiary alicyclic amines) is 1. The Balaban J connectivity index is 1.39. The van der Waals surface area contributed by atoms with Gasteiger partial charge in [-0.2, -0.15) is 0 Å². The van der Waals surface area contributed by atoms with Crippen LogP contribution in [0.4, 0.5) is 5.69 Å². The van der Waals surface area contributed by atoms with Gasteiger partial charge in [0.15, 0.2) is 0 Å². The molecule has 1 aliphatic rings. The highest BCUT2D eigenvalue weighted by atomic mass is 32.2. The van der Waals surface area contributed by atoms with Crippen LogP contribution >= 0.6 is 12.6 Å². The highest BCUT2D eigenvalue weighted by molar-refractivity contribution is 7.85. The number of nitrogens with zero attached hydrogens (tertiary/aromatic N) is 3. The minimum Gasteiger partial charge on any atom is -0.768 e. The summed E-state index contributed by atoms with van der Waals surface area (Å²) in [4.78, 5) is 18.6. The van der Waals surface area contributed by atoms with E-state index < -0.39 is 17.0 Å². The van der Waals surface area contributed by atoms with E-state index in [0.717, 1.165) is 55.1 Å². The van der Waals surface area contributed by atoms with Gasteiger partial charge in [0.25, 0.3) is 5.91 Å². The molecular weight excluding hydrogens is 446 g/mol. The zero-order valence-corrected chi connectivity index (χ0v) is 19.0. The number of hydrogen-bond acceptors (Lipinski definition) is 7. The number of carbonyl (C=O) groups is 1. The number of primary amides is 1. The van der Waals surface area contributed by atoms with Crippen molar-refractivity contribution in [3.8, 4) is 0 Å². The number of hydrogen-bond donors (Lipinski definition) is 3. The van der Waals surface area contributed by atoms with Gasteiger partial charge in [-0.05, 0) is 65.9 Å². The van der Waals surface area contributed by atoms with E-state index in [1.54, 1.807) is 24.3 Å². The zero-order chi connectivity index (χ0) is 22.7. The molecule has 0 aliphatic carbocycles. The van der Waals surface area contributed by atoms with E-state index in [4.69, 9.17) is 5.73 Å². The van der Waals surface area contributed by atoms with Crippen LogP contribution in [0.2, 0.25) is 0 Å². The number of nitrogens with two attached hydrogens (primary N) is 1. The van der Waals surface area contributed by atoms with Crippen LogP contribution in [0.1, 0.15) is 24.1 Å². The lowest BCUT2D eigenvalue weighted by atomic mass is 10.0. The van der Waals surface area contributed by atoms with Gasteiger partial charge >= 0.3 is 0 Å². The minimum absolute atomic E-state index is 0.201. The van der Waals surface area contributed by atoms with Crippen molar-refractivity contribution in [1.82, 2.24) is 14.3 Å². The highest BCUT2D eigenvalue weighted by Crippen LogP contribution is 2.21. The van der Waals surface area contributed by atoms with Gasteiger partial charge in [-0.1, -0.05) is 6.07 Å². The van der Waals surface area contributed by atoms with Gasteiger partial charge in [0.2, 0.25) is 0 Å². The number of thiol groups is 1. The second-order valence-corrected chi connectivity index (χ2v) is 9.21. The monoisotopic (exact) mass is 470 g/mol. The number of pyridine rings is 1. The van der Waals surface area contributed by atoms with Crippen LogP contribution in [0.3, 0.4) is 0 Å². The first-order valence-corrected chi connectivity index (χ1v) is 11.8. The average Bonchev–Trinajstić information content (AvgIpc) is 3.17. The molecule has 1 aliphatic heterocycles. The van der Waals surface area contributed by atoms with Crippen LogP contribution in [0.15, 0.2) is 58.6 Å². The van der Waals surface area contributed by atoms with Crippen LogP contribution in [0.5, 0.6) is 0 Å². The van der Waals surface area contributed by atoms with Crippen LogP contribution < -0.4 is 11.1 Å². The third-order valence-corrected chi connectivity index (χ3v) is 6.52. The SMILES string of the molecule is NC(=O)/C(S)=C/c1ccc2ncc(CN3CCC(Nc4cccc(S(=O)[O-])c4)CC3)n2c1. The summed E-state index contributed by atoms with van der Waals surface area (Å²) in [6, 6.07) is 10.9. The molecule has 1 atom stereocenters. The van der Waals surface area contributed by atoms with E-state index in [1.807, 2.05) is 35.0 Å². The number of nitrogens with one attached hydrogen (secondary N) is 1. The van der Waals surface area contributed by atoms with E-state index in [2.05, 4.69) is 27.8 Å². The number of piperidine rings is 1. The molecule has 1 amide bonds. The summed E-state index contributed by atoms with van der Waals surface area (Å²) in [5.41, 5.74) is 8.82. The van der Waals surface area contributed by atoms with Gasteiger partial charge in [-0.3, -0.25) is 13.9 Å². The predicted octanol–water partition coefficient (Wildman–Crippen LogP) is 2.40. The molecule has 1 saturated heterocycles. The molecule has 0 bridgehead atoms. The first kappa shape index (κ1) is 22.5. The normalized spacial score (nSPS) is 16.9. The Bertz CT molecular complexity index is 1190. The fourth-order valence-electron chi connectivity index (χ4n) is 3.87. The van der Waals surface area contributed by atoms with Crippen molar-refractivity contribution in [2.45, 2.75) is 30.3 Å². The molecule has 168 valence electrons. The van der Waals surface area contributed by atoms with Crippen LogP contribution in [0.25, 0.3) is 11.7 Å². The van der Waals surface area contributed by atoms with E-state index in [1.165, 1.54) is 0 Å². The Morgan fingerprint density at radius 1 is 1.31 bits per heavy atom. The number of aromatic nitrogens is 2. The summed E-state index contributed by atoms with van der Waals surface area (Å²) in [5.74, 6) is -0.566. The molecule has 0 spiro atoms. The van der Waals surface area contributed by atoms with Crippen molar-refractivity contribution in [3.63, 3.8) is 0 Å². The van der Waals surface area contributed by atoms with Crippen molar-refractivity contribution in [2.75, 3.05) is 18.4 Å². The third kappa shape index (κ3) is 5.39. The molecule has 3 N–H and O–H groups in total. The van der Waals surface area contributed by atoms with Gasteiger partial charge in [-0.15, -0.1) is 12.6 Å². The lowest BCUT2D eigenvalue weighted by molar-refractivity contribution is -0.113. The molecule has 0 radical (unpaired) electrons. The summed E-state index contributed by atoms with van der Waals surface area (Å²) < 4.78 is 24.4. The van der Waals surface area contributed by atoms with Crippen molar-refractivity contribution in [3.05, 3.63) is 65.0 Å². The Hall–Kier alpha value is -2.66. The number of rotatable bonds is 7. The number of carbonyl (C=O) groups excluding carboxylic acids is 1. The lowest BCUT2D eigenvalue weighted by Crippen LogP contribution is -2.38. The fourth-order valence-corrected chi connectivity index (χ4v) is 4.43. The van der Waals surface area contributed by atoms with Gasteiger partial charge < -0.3 is 20.0 Å². The standard InChI is InChI=1S/C22H25N5O3S2/c23-22(28)20(31)10-15-4-5-21-24-12-18(27(21)13-15)14-26-8-6-16(7-9-26)25-17-2-1-3-19(11-17)32(29)30/h1-5,10-13,16,25,31H,6-9,14H2,(H2,23,28)(H,29,30)/p-1/b20-10-. The molecule has 1 aromatic carbocycles. The molecule has 32 heavy (non-hydrogen) atoms. The summed E-state index contributed by atoms with van der Waals surface area (Å²) >= 11 is 1.90. The molecule has 2 aromatic heterocycles. The Labute approximate surface area is 194 Å². The number of fused-ring (bicyclic) bond motifs is 1. The third-order valence-electron chi connectivity index (χ3n) is 5.53. The quantitative estimate of drug-likeness (QED) is 0.277. The van der Waals surface area contributed by atoms with E-state index in [-0.39, 0.29) is 9.80 Å². The Morgan fingerprint density at radius 3 is 2.81 bits per heavy atom. The molecule has 4 rings (SSSR count). The van der Waals surface area contributed by atoms with Gasteiger partial charge in [-0.25, -0.2) is 4.98 Å². The summed E-state index contributed by atoms with van der Waals surface area (Å²) in [5, 5.41) is 3.45. The molecule has 3 aromatic rings. The maximum absolute atomic E-state index is 11.3. The van der Waals surface area contributed by atoms with Crippen LogP contribution in [-0.4, -0.2) is 48.1 Å². The number of imidazole rings is 1. The molecule has 10 heteroatoms. The Morgan fingerprint density at radius 2 is 2.09 bits per heavy atom. The van der Waals surface area contributed by atoms with Gasteiger partial charge in [0.05, 0.1) is 16.8 Å². The average molecular weight is 471 g/mol. The summed E-state index contributed by atoms with van der Waals surface area (Å²) in [7, 11) is 0. The Kier molecular flexibility index (Phi) is 6.95. The van der Waals surface area contributed by atoms with Crippen LogP contribution in [-0.2, 0) is 22.4 Å². The number of benzene rings is 1. The highest BCUT2D eigenvalue weighted by Gasteiger charge is 2.20. The van der Waals surface area contributed by atoms with Crippen molar-refractivity contribution in [1.29, 1.82) is 0 Å². The molecule has 8 nitrogen and oxygen atoms in total. The number of anilines is 1. The summed E-state index contributed by atoms with van der Waals surface area (Å²) in [6.45, 7) is 2.59. The van der Waals surface area contributed by atoms with E-state index in [9.17, 15) is 13.6 Å². The predicted molar refractivity (Wildman–Crippen MR) is 127 cm³/mol. The second kappa shape index (κ2) is 9.86. The zero-order valence-electron chi connectivity index (χ0n) is 17.3.